The van der Waals surface area contributed by atoms with E-state index in [2.05, 4.69) is 5.32 Å². The van der Waals surface area contributed by atoms with Crippen molar-refractivity contribution < 1.29 is 9.18 Å². The first-order chi connectivity index (χ1) is 11.6. The highest BCUT2D eigenvalue weighted by atomic mass is 19.1. The summed E-state index contributed by atoms with van der Waals surface area (Å²) < 4.78 is 13.2. The second-order valence-corrected chi connectivity index (χ2v) is 6.69. The number of hydrogen-bond acceptors (Lipinski definition) is 2. The molecule has 1 amide bonds. The number of anilines is 1. The second kappa shape index (κ2) is 7.04. The van der Waals surface area contributed by atoms with Crippen LogP contribution in [-0.4, -0.2) is 12.5 Å². The van der Waals surface area contributed by atoms with Crippen LogP contribution in [0.1, 0.15) is 36.8 Å². The first kappa shape index (κ1) is 16.5. The third kappa shape index (κ3) is 3.75. The maximum absolute atomic E-state index is 13.2. The van der Waals surface area contributed by atoms with E-state index in [4.69, 9.17) is 5.73 Å². The van der Waals surface area contributed by atoms with Crippen LogP contribution >= 0.6 is 0 Å². The van der Waals surface area contributed by atoms with Crippen molar-refractivity contribution >= 4 is 11.6 Å². The first-order valence-corrected chi connectivity index (χ1v) is 8.45. The number of rotatable bonds is 5. The average molecular weight is 326 g/mol. The molecule has 3 N–H and O–H groups in total. The van der Waals surface area contributed by atoms with E-state index in [1.165, 1.54) is 12.1 Å². The summed E-state index contributed by atoms with van der Waals surface area (Å²) in [6.07, 6.45) is 4.69. The Balaban J connectivity index is 1.65. The standard InChI is InChI=1S/C20H23FN2O/c21-17-7-5-16(6-8-17)20(11-1-2-12-20)14-23-19(24)13-15-3-9-18(22)10-4-15/h3-10H,1-2,11-14,22H2,(H,23,24). The lowest BCUT2D eigenvalue weighted by atomic mass is 9.78. The molecule has 1 aliphatic rings. The number of benzene rings is 2. The average Bonchev–Trinajstić information content (AvgIpc) is 3.06. The molecular formula is C20H23FN2O. The Hall–Kier alpha value is -2.36. The molecule has 0 heterocycles. The van der Waals surface area contributed by atoms with E-state index >= 15 is 0 Å². The van der Waals surface area contributed by atoms with E-state index in [9.17, 15) is 9.18 Å². The van der Waals surface area contributed by atoms with Crippen LogP contribution in [0.15, 0.2) is 48.5 Å². The molecule has 2 aromatic carbocycles. The Morgan fingerprint density at radius 3 is 2.29 bits per heavy atom. The summed E-state index contributed by atoms with van der Waals surface area (Å²) in [6.45, 7) is 0.604. The highest BCUT2D eigenvalue weighted by Crippen LogP contribution is 2.40. The normalized spacial score (nSPS) is 16.0. The Bertz CT molecular complexity index is 689. The van der Waals surface area contributed by atoms with Gasteiger partial charge >= 0.3 is 0 Å². The van der Waals surface area contributed by atoms with E-state index in [0.717, 1.165) is 36.8 Å². The molecular weight excluding hydrogens is 303 g/mol. The lowest BCUT2D eigenvalue weighted by Crippen LogP contribution is -2.39. The SMILES string of the molecule is Nc1ccc(CC(=O)NCC2(c3ccc(F)cc3)CCCC2)cc1. The Kier molecular flexibility index (Phi) is 4.84. The van der Waals surface area contributed by atoms with Crippen molar-refractivity contribution in [3.63, 3.8) is 0 Å². The molecule has 1 saturated carbocycles. The van der Waals surface area contributed by atoms with Crippen LogP contribution in [0, 0.1) is 5.82 Å². The van der Waals surface area contributed by atoms with E-state index < -0.39 is 0 Å². The van der Waals surface area contributed by atoms with Gasteiger partial charge in [-0.2, -0.15) is 0 Å². The Morgan fingerprint density at radius 1 is 1.04 bits per heavy atom. The predicted octanol–water partition coefficient (Wildman–Crippen LogP) is 3.58. The number of nitrogen functional groups attached to an aromatic ring is 1. The summed E-state index contributed by atoms with van der Waals surface area (Å²) in [7, 11) is 0. The third-order valence-electron chi connectivity index (χ3n) is 4.99. The van der Waals surface area contributed by atoms with Gasteiger partial charge in [0, 0.05) is 17.6 Å². The zero-order valence-electron chi connectivity index (χ0n) is 13.7. The lowest BCUT2D eigenvalue weighted by Gasteiger charge is -2.30. The molecule has 0 unspecified atom stereocenters. The molecule has 4 heteroatoms. The van der Waals surface area contributed by atoms with Crippen molar-refractivity contribution in [2.24, 2.45) is 0 Å². The minimum atomic E-state index is -0.223. The smallest absolute Gasteiger partial charge is 0.224 e. The zero-order valence-corrected chi connectivity index (χ0v) is 13.7. The summed E-state index contributed by atoms with van der Waals surface area (Å²) in [5, 5.41) is 3.08. The molecule has 0 bridgehead atoms. The van der Waals surface area contributed by atoms with Crippen molar-refractivity contribution in [2.45, 2.75) is 37.5 Å². The van der Waals surface area contributed by atoms with Gasteiger partial charge in [0.05, 0.1) is 6.42 Å². The van der Waals surface area contributed by atoms with Gasteiger partial charge in [-0.05, 0) is 48.2 Å². The largest absolute Gasteiger partial charge is 0.399 e. The third-order valence-corrected chi connectivity index (χ3v) is 4.99. The molecule has 0 atom stereocenters. The molecule has 0 aromatic heterocycles. The summed E-state index contributed by atoms with van der Waals surface area (Å²) in [4.78, 5) is 12.3. The Labute approximate surface area is 142 Å². The number of nitrogens with one attached hydrogen (secondary N) is 1. The Morgan fingerprint density at radius 2 is 1.67 bits per heavy atom. The van der Waals surface area contributed by atoms with Crippen molar-refractivity contribution in [3.05, 3.63) is 65.5 Å². The fourth-order valence-corrected chi connectivity index (χ4v) is 3.57. The molecule has 3 nitrogen and oxygen atoms in total. The zero-order chi connectivity index (χ0) is 17.0. The fourth-order valence-electron chi connectivity index (χ4n) is 3.57. The van der Waals surface area contributed by atoms with Gasteiger partial charge < -0.3 is 11.1 Å². The van der Waals surface area contributed by atoms with Gasteiger partial charge in [0.1, 0.15) is 5.82 Å². The van der Waals surface area contributed by atoms with Crippen LogP contribution in [0.4, 0.5) is 10.1 Å². The molecule has 0 saturated heterocycles. The molecule has 2 aromatic rings. The molecule has 1 fully saturated rings. The topological polar surface area (TPSA) is 55.1 Å². The first-order valence-electron chi connectivity index (χ1n) is 8.45. The van der Waals surface area contributed by atoms with Gasteiger partial charge in [0.2, 0.25) is 5.91 Å². The number of nitrogens with two attached hydrogens (primary N) is 1. The number of carbonyl (C=O) groups is 1. The van der Waals surface area contributed by atoms with Crippen molar-refractivity contribution in [1.82, 2.24) is 5.32 Å². The van der Waals surface area contributed by atoms with Crippen LogP contribution < -0.4 is 11.1 Å². The van der Waals surface area contributed by atoms with Gasteiger partial charge in [0.25, 0.3) is 0 Å². The van der Waals surface area contributed by atoms with Gasteiger partial charge in [0.15, 0.2) is 0 Å². The number of halogens is 1. The van der Waals surface area contributed by atoms with E-state index in [-0.39, 0.29) is 17.1 Å². The molecule has 24 heavy (non-hydrogen) atoms. The van der Waals surface area contributed by atoms with Crippen LogP contribution in [0.2, 0.25) is 0 Å². The van der Waals surface area contributed by atoms with Crippen molar-refractivity contribution in [3.8, 4) is 0 Å². The summed E-state index contributed by atoms with van der Waals surface area (Å²) in [5.41, 5.74) is 8.36. The van der Waals surface area contributed by atoms with E-state index in [1.807, 2.05) is 24.3 Å². The monoisotopic (exact) mass is 326 g/mol. The maximum Gasteiger partial charge on any atom is 0.224 e. The minimum absolute atomic E-state index is 0.00755. The number of amides is 1. The van der Waals surface area contributed by atoms with Gasteiger partial charge in [-0.1, -0.05) is 37.1 Å². The summed E-state index contributed by atoms with van der Waals surface area (Å²) in [5.74, 6) is -0.215. The highest BCUT2D eigenvalue weighted by Gasteiger charge is 2.35. The van der Waals surface area contributed by atoms with Crippen LogP contribution in [0.3, 0.4) is 0 Å². The van der Waals surface area contributed by atoms with Gasteiger partial charge in [-0.25, -0.2) is 4.39 Å². The van der Waals surface area contributed by atoms with Crippen LogP contribution in [0.5, 0.6) is 0 Å². The molecule has 126 valence electrons. The predicted molar refractivity (Wildman–Crippen MR) is 94.1 cm³/mol. The van der Waals surface area contributed by atoms with Crippen molar-refractivity contribution in [2.75, 3.05) is 12.3 Å². The lowest BCUT2D eigenvalue weighted by molar-refractivity contribution is -0.120. The molecule has 0 spiro atoms. The van der Waals surface area contributed by atoms with E-state index in [0.29, 0.717) is 18.7 Å². The molecule has 0 aliphatic heterocycles. The van der Waals surface area contributed by atoms with Gasteiger partial charge in [-0.15, -0.1) is 0 Å². The maximum atomic E-state index is 13.2. The summed E-state index contributed by atoms with van der Waals surface area (Å²) >= 11 is 0. The number of carbonyl (C=O) groups excluding carboxylic acids is 1. The minimum Gasteiger partial charge on any atom is -0.399 e. The van der Waals surface area contributed by atoms with Crippen LogP contribution in [-0.2, 0) is 16.6 Å². The molecule has 1 aliphatic carbocycles. The van der Waals surface area contributed by atoms with Gasteiger partial charge in [-0.3, -0.25) is 4.79 Å². The quantitative estimate of drug-likeness (QED) is 0.825. The fraction of sp³-hybridized carbons (Fsp3) is 0.350. The highest BCUT2D eigenvalue weighted by molar-refractivity contribution is 5.78. The van der Waals surface area contributed by atoms with Crippen LogP contribution in [0.25, 0.3) is 0 Å². The summed E-state index contributed by atoms with van der Waals surface area (Å²) in [6, 6.07) is 14.1. The molecule has 0 radical (unpaired) electrons. The second-order valence-electron chi connectivity index (χ2n) is 6.69. The number of hydrogen-bond donors (Lipinski definition) is 2. The van der Waals surface area contributed by atoms with E-state index in [1.54, 1.807) is 12.1 Å². The van der Waals surface area contributed by atoms with Crippen molar-refractivity contribution in [1.29, 1.82) is 0 Å². The molecule has 3 rings (SSSR count).